The molecule has 0 bridgehead atoms. The van der Waals surface area contributed by atoms with Crippen LogP contribution in [-0.2, 0) is 4.79 Å². The molecular formula is C13H20ClN3O. The molecule has 0 aliphatic rings. The normalized spacial score (nSPS) is 10.6. The van der Waals surface area contributed by atoms with Crippen LogP contribution in [0.2, 0.25) is 5.02 Å². The van der Waals surface area contributed by atoms with E-state index < -0.39 is 0 Å². The minimum Gasteiger partial charge on any atom is -0.376 e. The summed E-state index contributed by atoms with van der Waals surface area (Å²) in [7, 11) is 3.84. The quantitative estimate of drug-likeness (QED) is 0.862. The first-order valence-corrected chi connectivity index (χ1v) is 6.28. The molecule has 4 nitrogen and oxygen atoms in total. The number of rotatable bonds is 5. The summed E-state index contributed by atoms with van der Waals surface area (Å²) in [6.45, 7) is 4.28. The van der Waals surface area contributed by atoms with Crippen molar-refractivity contribution in [1.29, 1.82) is 0 Å². The van der Waals surface area contributed by atoms with Crippen LogP contribution >= 0.6 is 11.6 Å². The maximum Gasteiger partial charge on any atom is 0.238 e. The zero-order valence-electron chi connectivity index (χ0n) is 11.2. The Morgan fingerprint density at radius 3 is 2.61 bits per heavy atom. The van der Waals surface area contributed by atoms with Gasteiger partial charge in [-0.3, -0.25) is 4.79 Å². The van der Waals surface area contributed by atoms with Gasteiger partial charge in [0.05, 0.1) is 17.9 Å². The summed E-state index contributed by atoms with van der Waals surface area (Å²) < 4.78 is 0. The molecule has 5 heteroatoms. The first-order valence-electron chi connectivity index (χ1n) is 5.90. The summed E-state index contributed by atoms with van der Waals surface area (Å²) in [5.41, 5.74) is 1.65. The minimum absolute atomic E-state index is 0.0749. The van der Waals surface area contributed by atoms with E-state index in [4.69, 9.17) is 11.6 Å². The Balaban J connectivity index is 2.76. The van der Waals surface area contributed by atoms with Crippen LogP contribution in [0.3, 0.4) is 0 Å². The van der Waals surface area contributed by atoms with E-state index in [2.05, 4.69) is 10.6 Å². The first kappa shape index (κ1) is 14.8. The average molecular weight is 270 g/mol. The van der Waals surface area contributed by atoms with Gasteiger partial charge in [0, 0.05) is 25.2 Å². The van der Waals surface area contributed by atoms with E-state index in [1.165, 1.54) is 0 Å². The predicted octanol–water partition coefficient (Wildman–Crippen LogP) is 2.34. The Labute approximate surface area is 113 Å². The highest BCUT2D eigenvalue weighted by Gasteiger charge is 2.09. The van der Waals surface area contributed by atoms with Crippen molar-refractivity contribution in [2.24, 2.45) is 0 Å². The number of hydrogen-bond acceptors (Lipinski definition) is 3. The second-order valence-electron chi connectivity index (χ2n) is 4.64. The van der Waals surface area contributed by atoms with E-state index in [0.29, 0.717) is 5.02 Å². The van der Waals surface area contributed by atoms with Gasteiger partial charge in [0.15, 0.2) is 0 Å². The minimum atomic E-state index is -0.0749. The van der Waals surface area contributed by atoms with E-state index in [9.17, 15) is 4.79 Å². The maximum absolute atomic E-state index is 11.8. The highest BCUT2D eigenvalue weighted by Crippen LogP contribution is 2.27. The molecule has 2 N–H and O–H groups in total. The van der Waals surface area contributed by atoms with Gasteiger partial charge in [-0.1, -0.05) is 25.4 Å². The number of nitrogens with zero attached hydrogens (tertiary/aromatic N) is 1. The van der Waals surface area contributed by atoms with Crippen molar-refractivity contribution in [3.8, 4) is 0 Å². The molecule has 1 rings (SSSR count). The Bertz CT molecular complexity index is 419. The fourth-order valence-corrected chi connectivity index (χ4v) is 1.66. The molecule has 18 heavy (non-hydrogen) atoms. The lowest BCUT2D eigenvalue weighted by Gasteiger charge is -2.18. The fourth-order valence-electron chi connectivity index (χ4n) is 1.49. The molecule has 0 aliphatic heterocycles. The van der Waals surface area contributed by atoms with Gasteiger partial charge in [0.1, 0.15) is 0 Å². The van der Waals surface area contributed by atoms with E-state index in [0.717, 1.165) is 11.4 Å². The van der Waals surface area contributed by atoms with Gasteiger partial charge in [-0.25, -0.2) is 0 Å². The van der Waals surface area contributed by atoms with Crippen LogP contribution in [0.15, 0.2) is 18.2 Å². The maximum atomic E-state index is 11.8. The van der Waals surface area contributed by atoms with Gasteiger partial charge in [-0.05, 0) is 18.2 Å². The number of carbonyl (C=O) groups excluding carboxylic acids is 1. The zero-order valence-corrected chi connectivity index (χ0v) is 12.0. The monoisotopic (exact) mass is 269 g/mol. The number of hydrogen-bond donors (Lipinski definition) is 2. The lowest BCUT2D eigenvalue weighted by molar-refractivity contribution is -0.115. The van der Waals surface area contributed by atoms with E-state index in [-0.39, 0.29) is 18.5 Å². The molecule has 0 unspecified atom stereocenters. The van der Waals surface area contributed by atoms with Gasteiger partial charge in [0.2, 0.25) is 5.91 Å². The SMILES string of the molecule is CC(C)NCC(=O)Nc1cc(Cl)ccc1N(C)C. The zero-order chi connectivity index (χ0) is 13.7. The Kier molecular flexibility index (Phi) is 5.44. The molecule has 0 aromatic heterocycles. The smallest absolute Gasteiger partial charge is 0.238 e. The van der Waals surface area contributed by atoms with Crippen molar-refractivity contribution in [2.75, 3.05) is 30.9 Å². The van der Waals surface area contributed by atoms with Crippen LogP contribution in [0.4, 0.5) is 11.4 Å². The molecule has 0 saturated carbocycles. The fraction of sp³-hybridized carbons (Fsp3) is 0.462. The van der Waals surface area contributed by atoms with Crippen LogP contribution in [0.1, 0.15) is 13.8 Å². The third kappa shape index (κ3) is 4.55. The first-order chi connectivity index (χ1) is 8.40. The molecule has 0 atom stereocenters. The largest absolute Gasteiger partial charge is 0.376 e. The Morgan fingerprint density at radius 2 is 2.06 bits per heavy atom. The van der Waals surface area contributed by atoms with Crippen molar-refractivity contribution in [3.63, 3.8) is 0 Å². The molecule has 0 heterocycles. The summed E-state index contributed by atoms with van der Waals surface area (Å²) in [6, 6.07) is 5.72. The average Bonchev–Trinajstić information content (AvgIpc) is 2.26. The van der Waals surface area contributed by atoms with E-state index >= 15 is 0 Å². The summed E-state index contributed by atoms with van der Waals surface area (Å²) in [6.07, 6.45) is 0. The lowest BCUT2D eigenvalue weighted by Crippen LogP contribution is -2.33. The molecule has 0 radical (unpaired) electrons. The van der Waals surface area contributed by atoms with Crippen molar-refractivity contribution >= 4 is 28.9 Å². The molecule has 0 fully saturated rings. The predicted molar refractivity (Wildman–Crippen MR) is 77.5 cm³/mol. The van der Waals surface area contributed by atoms with Gasteiger partial charge in [-0.2, -0.15) is 0 Å². The highest BCUT2D eigenvalue weighted by atomic mass is 35.5. The van der Waals surface area contributed by atoms with Gasteiger partial charge in [0.25, 0.3) is 0 Å². The molecule has 0 saturated heterocycles. The van der Waals surface area contributed by atoms with E-state index in [1.807, 2.05) is 38.9 Å². The molecule has 1 aromatic rings. The number of benzene rings is 1. The Morgan fingerprint density at radius 1 is 1.39 bits per heavy atom. The van der Waals surface area contributed by atoms with Crippen molar-refractivity contribution < 1.29 is 4.79 Å². The lowest BCUT2D eigenvalue weighted by atomic mass is 10.2. The Hall–Kier alpha value is -1.26. The summed E-state index contributed by atoms with van der Waals surface area (Å²) in [5, 5.41) is 6.54. The molecule has 0 aliphatic carbocycles. The van der Waals surface area contributed by atoms with Gasteiger partial charge < -0.3 is 15.5 Å². The molecular weight excluding hydrogens is 250 g/mol. The third-order valence-electron chi connectivity index (χ3n) is 2.39. The molecule has 0 spiro atoms. The summed E-state index contributed by atoms with van der Waals surface area (Å²) >= 11 is 5.95. The van der Waals surface area contributed by atoms with Crippen LogP contribution in [0.5, 0.6) is 0 Å². The summed E-state index contributed by atoms with van der Waals surface area (Å²) in [4.78, 5) is 13.7. The number of carbonyl (C=O) groups is 1. The second-order valence-corrected chi connectivity index (χ2v) is 5.08. The number of nitrogens with one attached hydrogen (secondary N) is 2. The molecule has 1 aromatic carbocycles. The number of anilines is 2. The van der Waals surface area contributed by atoms with Crippen LogP contribution in [0, 0.1) is 0 Å². The molecule has 1 amide bonds. The number of halogens is 1. The van der Waals surface area contributed by atoms with Crippen LogP contribution in [-0.4, -0.2) is 32.6 Å². The van der Waals surface area contributed by atoms with Crippen molar-refractivity contribution in [1.82, 2.24) is 5.32 Å². The second kappa shape index (κ2) is 6.61. The van der Waals surface area contributed by atoms with Gasteiger partial charge in [-0.15, -0.1) is 0 Å². The highest BCUT2D eigenvalue weighted by molar-refractivity contribution is 6.31. The standard InChI is InChI=1S/C13H20ClN3O/c1-9(2)15-8-13(18)16-11-7-10(14)5-6-12(11)17(3)4/h5-7,9,15H,8H2,1-4H3,(H,16,18). The van der Waals surface area contributed by atoms with Crippen molar-refractivity contribution in [3.05, 3.63) is 23.2 Å². The van der Waals surface area contributed by atoms with E-state index in [1.54, 1.807) is 12.1 Å². The number of amides is 1. The van der Waals surface area contributed by atoms with Crippen LogP contribution < -0.4 is 15.5 Å². The van der Waals surface area contributed by atoms with Gasteiger partial charge >= 0.3 is 0 Å². The van der Waals surface area contributed by atoms with Crippen molar-refractivity contribution in [2.45, 2.75) is 19.9 Å². The summed E-state index contributed by atoms with van der Waals surface area (Å²) in [5.74, 6) is -0.0749. The third-order valence-corrected chi connectivity index (χ3v) is 2.62. The molecule has 100 valence electrons. The topological polar surface area (TPSA) is 44.4 Å². The van der Waals surface area contributed by atoms with Crippen LogP contribution in [0.25, 0.3) is 0 Å².